The van der Waals surface area contributed by atoms with Gasteiger partial charge >= 0.3 is 12.0 Å². The summed E-state index contributed by atoms with van der Waals surface area (Å²) in [4.78, 5) is 35.6. The molecule has 2 saturated heterocycles. The molecule has 0 aromatic carbocycles. The predicted octanol–water partition coefficient (Wildman–Crippen LogP) is -0.566. The van der Waals surface area contributed by atoms with Crippen LogP contribution in [0.2, 0.25) is 0 Å². The molecule has 0 aromatic rings. The molecule has 18 heavy (non-hydrogen) atoms. The van der Waals surface area contributed by atoms with Crippen LogP contribution in [-0.2, 0) is 9.59 Å². The van der Waals surface area contributed by atoms with E-state index in [9.17, 15) is 14.4 Å². The molecular formula is C10H15N3O4S. The van der Waals surface area contributed by atoms with E-state index in [0.717, 1.165) is 6.42 Å². The third-order valence-corrected chi connectivity index (χ3v) is 4.02. The summed E-state index contributed by atoms with van der Waals surface area (Å²) >= 11 is 1.39. The number of amides is 3. The van der Waals surface area contributed by atoms with Crippen LogP contribution in [-0.4, -0.2) is 58.2 Å². The molecule has 8 heteroatoms. The van der Waals surface area contributed by atoms with Crippen LogP contribution in [0.5, 0.6) is 0 Å². The molecule has 0 spiro atoms. The molecule has 7 nitrogen and oxygen atoms in total. The normalized spacial score (nSPS) is 27.8. The number of urea groups is 1. The van der Waals surface area contributed by atoms with E-state index in [2.05, 4.69) is 10.6 Å². The number of carboxylic acid groups (broad SMARTS) is 1. The number of rotatable bonds is 2. The second-order valence-corrected chi connectivity index (χ2v) is 5.26. The fourth-order valence-electron chi connectivity index (χ4n) is 1.99. The number of nitrogens with zero attached hydrogens (tertiary/aromatic N) is 1. The van der Waals surface area contributed by atoms with E-state index in [1.165, 1.54) is 16.7 Å². The zero-order valence-corrected chi connectivity index (χ0v) is 10.5. The van der Waals surface area contributed by atoms with E-state index in [0.29, 0.717) is 24.6 Å². The van der Waals surface area contributed by atoms with Gasteiger partial charge in [-0.1, -0.05) is 0 Å². The van der Waals surface area contributed by atoms with Gasteiger partial charge in [-0.05, 0) is 12.8 Å². The van der Waals surface area contributed by atoms with Crippen molar-refractivity contribution in [2.45, 2.75) is 24.9 Å². The molecule has 2 fully saturated rings. The van der Waals surface area contributed by atoms with Gasteiger partial charge in [0.05, 0.1) is 5.88 Å². The van der Waals surface area contributed by atoms with Gasteiger partial charge in [-0.2, -0.15) is 0 Å². The van der Waals surface area contributed by atoms with Crippen molar-refractivity contribution in [1.82, 2.24) is 15.5 Å². The van der Waals surface area contributed by atoms with Gasteiger partial charge in [0.25, 0.3) is 0 Å². The Morgan fingerprint density at radius 1 is 1.50 bits per heavy atom. The third-order valence-electron chi connectivity index (χ3n) is 3.01. The molecule has 0 saturated carbocycles. The van der Waals surface area contributed by atoms with E-state index in [1.54, 1.807) is 0 Å². The molecular weight excluding hydrogens is 258 g/mol. The Bertz CT molecular complexity index is 376. The first-order chi connectivity index (χ1) is 8.59. The Hall–Kier alpha value is -1.44. The van der Waals surface area contributed by atoms with Crippen LogP contribution < -0.4 is 10.6 Å². The quantitative estimate of drug-likeness (QED) is 0.626. The molecule has 0 bridgehead atoms. The number of carbonyl (C=O) groups is 3. The number of hydrogen-bond donors (Lipinski definition) is 3. The first-order valence-electron chi connectivity index (χ1n) is 5.75. The Labute approximate surface area is 108 Å². The van der Waals surface area contributed by atoms with Crippen LogP contribution in [0.4, 0.5) is 4.79 Å². The highest BCUT2D eigenvalue weighted by Crippen LogP contribution is 2.21. The fourth-order valence-corrected chi connectivity index (χ4v) is 3.13. The summed E-state index contributed by atoms with van der Waals surface area (Å²) < 4.78 is 0. The first-order valence-corrected chi connectivity index (χ1v) is 6.90. The van der Waals surface area contributed by atoms with Gasteiger partial charge in [-0.15, -0.1) is 11.8 Å². The Morgan fingerprint density at radius 2 is 2.28 bits per heavy atom. The van der Waals surface area contributed by atoms with Crippen molar-refractivity contribution in [2.75, 3.05) is 18.2 Å². The summed E-state index contributed by atoms with van der Waals surface area (Å²) in [5.74, 6) is -0.479. The zero-order chi connectivity index (χ0) is 13.1. The zero-order valence-electron chi connectivity index (χ0n) is 9.72. The molecule has 2 unspecified atom stereocenters. The molecule has 2 aliphatic heterocycles. The van der Waals surface area contributed by atoms with E-state index < -0.39 is 24.1 Å². The van der Waals surface area contributed by atoms with Crippen LogP contribution in [0.25, 0.3) is 0 Å². The molecule has 0 aromatic heterocycles. The van der Waals surface area contributed by atoms with Crippen LogP contribution in [0.1, 0.15) is 12.8 Å². The Kier molecular flexibility index (Phi) is 3.95. The van der Waals surface area contributed by atoms with Gasteiger partial charge in [0.2, 0.25) is 5.91 Å². The van der Waals surface area contributed by atoms with Crippen LogP contribution in [0.15, 0.2) is 0 Å². The second-order valence-electron chi connectivity index (χ2n) is 4.26. The van der Waals surface area contributed by atoms with E-state index in [1.807, 2.05) is 0 Å². The molecule has 0 radical (unpaired) electrons. The number of aliphatic carboxylic acids is 1. The van der Waals surface area contributed by atoms with Crippen molar-refractivity contribution in [1.29, 1.82) is 0 Å². The summed E-state index contributed by atoms with van der Waals surface area (Å²) in [6.45, 7) is 0.628. The average molecular weight is 273 g/mol. The molecule has 0 aliphatic carbocycles. The maximum atomic E-state index is 11.9. The largest absolute Gasteiger partial charge is 0.480 e. The third kappa shape index (κ3) is 2.69. The summed E-state index contributed by atoms with van der Waals surface area (Å²) in [6, 6.07) is -1.83. The number of thioether (sulfide) groups is 1. The molecule has 3 amide bonds. The lowest BCUT2D eigenvalue weighted by molar-refractivity contribution is -0.140. The molecule has 100 valence electrons. The van der Waals surface area contributed by atoms with Crippen molar-refractivity contribution in [2.24, 2.45) is 0 Å². The van der Waals surface area contributed by atoms with Gasteiger partial charge in [0.15, 0.2) is 0 Å². The highest BCUT2D eigenvalue weighted by atomic mass is 32.2. The number of carboxylic acids is 1. The first kappa shape index (κ1) is 13.0. The maximum Gasteiger partial charge on any atom is 0.327 e. The van der Waals surface area contributed by atoms with Crippen molar-refractivity contribution < 1.29 is 19.5 Å². The topological polar surface area (TPSA) is 98.7 Å². The lowest BCUT2D eigenvalue weighted by Gasteiger charge is -2.27. The molecule has 2 aliphatic rings. The lowest BCUT2D eigenvalue weighted by Crippen LogP contribution is -2.55. The van der Waals surface area contributed by atoms with Gasteiger partial charge in [0, 0.05) is 12.3 Å². The van der Waals surface area contributed by atoms with E-state index in [-0.39, 0.29) is 5.91 Å². The molecule has 2 atom stereocenters. The van der Waals surface area contributed by atoms with Gasteiger partial charge in [-0.25, -0.2) is 9.59 Å². The minimum absolute atomic E-state index is 0.201. The minimum atomic E-state index is -1.01. The maximum absolute atomic E-state index is 11.9. The second kappa shape index (κ2) is 5.47. The van der Waals surface area contributed by atoms with Crippen molar-refractivity contribution in [3.05, 3.63) is 0 Å². The van der Waals surface area contributed by atoms with Crippen molar-refractivity contribution in [3.63, 3.8) is 0 Å². The van der Waals surface area contributed by atoms with Gasteiger partial charge in [0.1, 0.15) is 12.1 Å². The number of piperidine rings is 1. The van der Waals surface area contributed by atoms with Gasteiger partial charge in [-0.3, -0.25) is 4.79 Å². The molecule has 2 rings (SSSR count). The number of nitrogens with one attached hydrogen (secondary N) is 2. The van der Waals surface area contributed by atoms with E-state index in [4.69, 9.17) is 5.11 Å². The SMILES string of the molecule is O=C1NCCCC1NC(=O)N1CSCC1C(=O)O. The van der Waals surface area contributed by atoms with Crippen LogP contribution in [0, 0.1) is 0 Å². The Balaban J connectivity index is 1.94. The summed E-state index contributed by atoms with van der Waals surface area (Å²) in [7, 11) is 0. The van der Waals surface area contributed by atoms with Gasteiger partial charge < -0.3 is 20.6 Å². The molecule has 3 N–H and O–H groups in total. The van der Waals surface area contributed by atoms with Crippen LogP contribution in [0.3, 0.4) is 0 Å². The smallest absolute Gasteiger partial charge is 0.327 e. The predicted molar refractivity (Wildman–Crippen MR) is 65.2 cm³/mol. The number of carbonyl (C=O) groups excluding carboxylic acids is 2. The Morgan fingerprint density at radius 3 is 2.94 bits per heavy atom. The highest BCUT2D eigenvalue weighted by Gasteiger charge is 2.36. The standard InChI is InChI=1S/C10H15N3O4S/c14-8-6(2-1-3-11-8)12-10(17)13-5-18-4-7(13)9(15)16/h6-7H,1-5H2,(H,11,14)(H,12,17)(H,15,16). The fraction of sp³-hybridized carbons (Fsp3) is 0.700. The summed E-state index contributed by atoms with van der Waals surface area (Å²) in [5, 5.41) is 14.2. The minimum Gasteiger partial charge on any atom is -0.480 e. The molecule has 2 heterocycles. The monoisotopic (exact) mass is 273 g/mol. The van der Waals surface area contributed by atoms with Crippen molar-refractivity contribution >= 4 is 29.7 Å². The van der Waals surface area contributed by atoms with Crippen molar-refractivity contribution in [3.8, 4) is 0 Å². The summed E-state index contributed by atoms with van der Waals surface area (Å²) in [6.07, 6.45) is 1.41. The number of hydrogen-bond acceptors (Lipinski definition) is 4. The summed E-state index contributed by atoms with van der Waals surface area (Å²) in [5.41, 5.74) is 0. The van der Waals surface area contributed by atoms with E-state index >= 15 is 0 Å². The average Bonchev–Trinajstić information content (AvgIpc) is 2.81. The lowest BCUT2D eigenvalue weighted by atomic mass is 10.1. The highest BCUT2D eigenvalue weighted by molar-refractivity contribution is 7.99. The van der Waals surface area contributed by atoms with Crippen LogP contribution >= 0.6 is 11.8 Å².